The Bertz CT molecular complexity index is 3400. The van der Waals surface area contributed by atoms with Crippen molar-refractivity contribution in [2.45, 2.75) is 173 Å². The summed E-state index contributed by atoms with van der Waals surface area (Å²) in [4.78, 5) is 132. The molecular weight excluding hydrogens is 1220 g/mol. The van der Waals surface area contributed by atoms with Crippen molar-refractivity contribution in [3.63, 3.8) is 0 Å². The highest BCUT2D eigenvalue weighted by Crippen LogP contribution is 2.37. The first-order valence-electron chi connectivity index (χ1n) is 30.6. The summed E-state index contributed by atoms with van der Waals surface area (Å²) >= 11 is 0. The Balaban J connectivity index is 1.16. The van der Waals surface area contributed by atoms with Gasteiger partial charge in [-0.05, 0) is 118 Å². The number of likely N-dealkylation sites (N-methyl/N-ethyl adjacent to an activating group) is 1. The number of likely N-dealkylation sites (tertiary alicyclic amines) is 1. The summed E-state index contributed by atoms with van der Waals surface area (Å²) in [6.07, 6.45) is -8.49. The normalized spacial score (nSPS) is 15.4. The third-order valence-electron chi connectivity index (χ3n) is 15.3. The van der Waals surface area contributed by atoms with Crippen molar-refractivity contribution in [3.05, 3.63) is 137 Å². The summed E-state index contributed by atoms with van der Waals surface area (Å²) in [5.74, 6) is -6.84. The zero-order valence-electron chi connectivity index (χ0n) is 53.0. The van der Waals surface area contributed by atoms with Crippen LogP contribution in [0.2, 0.25) is 0 Å². The molecule has 7 atom stereocenters. The van der Waals surface area contributed by atoms with Gasteiger partial charge in [0.2, 0.25) is 41.4 Å². The highest BCUT2D eigenvalue weighted by molar-refractivity contribution is 5.98. The van der Waals surface area contributed by atoms with Gasteiger partial charge >= 0.3 is 24.4 Å². The number of phenolic OH excluding ortho intramolecular Hbond substituents is 1. The second-order valence-electron chi connectivity index (χ2n) is 24.5. The second-order valence-corrected chi connectivity index (χ2v) is 24.5. The number of halogens is 6. The van der Waals surface area contributed by atoms with E-state index in [-0.39, 0.29) is 62.8 Å². The molecule has 0 radical (unpaired) electrons. The molecule has 21 nitrogen and oxygen atoms in total. The molecule has 1 aliphatic heterocycles. The molecule has 1 saturated heterocycles. The summed E-state index contributed by atoms with van der Waals surface area (Å²) in [7, 11) is 1.40. The molecule has 5 aromatic rings. The van der Waals surface area contributed by atoms with Crippen LogP contribution in [-0.2, 0) is 86.1 Å². The number of carbonyl (C=O) groups is 9. The van der Waals surface area contributed by atoms with E-state index in [1.165, 1.54) is 35.9 Å². The number of nitrogens with one attached hydrogen (secondary N) is 7. The van der Waals surface area contributed by atoms with Gasteiger partial charge in [0.15, 0.2) is 0 Å². The Kier molecular flexibility index (Phi) is 25.4. The average Bonchev–Trinajstić information content (AvgIpc) is 1.69. The fraction of sp³-hybridized carbons (Fsp3) is 0.470. The minimum atomic E-state index is -5.18. The van der Waals surface area contributed by atoms with Crippen LogP contribution in [0.25, 0.3) is 10.9 Å². The van der Waals surface area contributed by atoms with E-state index in [0.717, 1.165) is 0 Å². The largest absolute Gasteiger partial charge is 0.508 e. The quantitative estimate of drug-likeness (QED) is 0.0177. The molecule has 1 aliphatic rings. The number of nitrogens with zero attached hydrogens (tertiary/aromatic N) is 2. The second kappa shape index (κ2) is 32.4. The zero-order valence-corrected chi connectivity index (χ0v) is 53.0. The van der Waals surface area contributed by atoms with Gasteiger partial charge in [0.1, 0.15) is 60.3 Å². The summed E-state index contributed by atoms with van der Waals surface area (Å²) in [6, 6.07) is 13.1. The lowest BCUT2D eigenvalue weighted by atomic mass is 10.00. The lowest BCUT2D eigenvalue weighted by Gasteiger charge is -2.35. The molecule has 6 rings (SSSR count). The molecule has 8 N–H and O–H groups in total. The van der Waals surface area contributed by atoms with Crippen LogP contribution in [0.5, 0.6) is 5.75 Å². The number of alkyl halides is 6. The lowest BCUT2D eigenvalue weighted by Crippen LogP contribution is -2.59. The molecule has 1 aromatic heterocycles. The molecule has 0 aliphatic carbocycles. The monoisotopic (exact) mass is 1310 g/mol. The van der Waals surface area contributed by atoms with Gasteiger partial charge in [-0.3, -0.25) is 33.6 Å². The van der Waals surface area contributed by atoms with E-state index in [2.05, 4.69) is 36.9 Å². The van der Waals surface area contributed by atoms with Crippen molar-refractivity contribution >= 4 is 64.3 Å². The lowest BCUT2D eigenvalue weighted by molar-refractivity contribution is -0.150. The molecular formula is C66H81F6N9O12. The molecule has 504 valence electrons. The highest BCUT2D eigenvalue weighted by atomic mass is 19.4. The number of aromatic amines is 1. The standard InChI is InChI=1S/C66H81F6N9O12/c1-9-10-21-54(80(8)60(88)51(32-40-17-12-11-13-18-40)76-55(83)36-74-56(84)39(4)75-57(85)50(79-63(91)93-64(5,6)7)31-41-23-25-46(82)26-24-41)61(89)81-27-16-22-53(81)59(87)77-49(28-38(2)3)58(86)78-52(33-43-35-73-48-20-15-14-19-47(43)48)62(90)92-37-42-29-44(65(67,68)69)34-45(30-42)66(70,71)72/h11-15,17-20,23-26,29-30,34-35,38-39,49-54,73,82H,9-10,16,21-22,27-28,31-33,36-37H2,1-8H3,(H,74,84)(H,75,85)(H,76,83)(H,77,87)(H,78,86)(H,79,91)/t39-,49+,50+,51+,52+,53+,54?/m1/s1. The van der Waals surface area contributed by atoms with Gasteiger partial charge in [0.25, 0.3) is 0 Å². The van der Waals surface area contributed by atoms with E-state index >= 15 is 0 Å². The first kappa shape index (κ1) is 72.9. The fourth-order valence-electron chi connectivity index (χ4n) is 10.6. The zero-order chi connectivity index (χ0) is 68.5. The number of hydrogen-bond acceptors (Lipinski definition) is 12. The number of alkyl carbamates (subject to hydrolysis) is 1. The smallest absolute Gasteiger partial charge is 0.416 e. The van der Waals surface area contributed by atoms with E-state index in [1.54, 1.807) is 108 Å². The van der Waals surface area contributed by atoms with Crippen molar-refractivity contribution in [3.8, 4) is 5.75 Å². The molecule has 2 heterocycles. The Morgan fingerprint density at radius 1 is 0.699 bits per heavy atom. The number of amides is 8. The highest BCUT2D eigenvalue weighted by Gasteiger charge is 2.43. The summed E-state index contributed by atoms with van der Waals surface area (Å²) < 4.78 is 93.3. The predicted molar refractivity (Wildman–Crippen MR) is 330 cm³/mol. The van der Waals surface area contributed by atoms with E-state index in [9.17, 15) is 74.6 Å². The molecule has 0 saturated carbocycles. The summed E-state index contributed by atoms with van der Waals surface area (Å²) in [6.45, 7) is 10.0. The molecule has 4 aromatic carbocycles. The van der Waals surface area contributed by atoms with Crippen molar-refractivity contribution in [1.82, 2.24) is 46.7 Å². The van der Waals surface area contributed by atoms with Gasteiger partial charge in [-0.15, -0.1) is 0 Å². The molecule has 0 spiro atoms. The number of para-hydroxylation sites is 1. The minimum Gasteiger partial charge on any atom is -0.508 e. The molecule has 27 heteroatoms. The van der Waals surface area contributed by atoms with Gasteiger partial charge in [-0.2, -0.15) is 26.3 Å². The molecule has 1 fully saturated rings. The SMILES string of the molecule is CCCCC(C(=O)N1CCC[C@H]1C(=O)N[C@@H](CC(C)C)C(=O)N[C@@H](Cc1c[nH]c2ccccc12)C(=O)OCc1cc(C(F)(F)F)cc(C(F)(F)F)c1)N(C)C(=O)[C@H](Cc1ccccc1)NC(=O)CNC(=O)[C@@H](C)NC(=O)[C@H](Cc1ccc(O)cc1)NC(=O)OC(C)(C)C. The molecule has 0 bridgehead atoms. The summed E-state index contributed by atoms with van der Waals surface area (Å²) in [5, 5.41) is 26.0. The maximum Gasteiger partial charge on any atom is 0.416 e. The van der Waals surface area contributed by atoms with E-state index < -0.39 is 144 Å². The van der Waals surface area contributed by atoms with Crippen LogP contribution in [0.4, 0.5) is 31.1 Å². The first-order valence-corrected chi connectivity index (χ1v) is 30.6. The van der Waals surface area contributed by atoms with E-state index in [0.29, 0.717) is 59.0 Å². The number of fused-ring (bicyclic) bond motifs is 1. The number of benzene rings is 4. The Labute approximate surface area is 534 Å². The summed E-state index contributed by atoms with van der Waals surface area (Å²) in [5.41, 5.74) is -2.48. The number of H-pyrrole nitrogens is 1. The number of phenols is 1. The Morgan fingerprint density at radius 2 is 1.31 bits per heavy atom. The molecule has 93 heavy (non-hydrogen) atoms. The number of hydrogen-bond donors (Lipinski definition) is 8. The number of esters is 1. The third-order valence-corrected chi connectivity index (χ3v) is 15.3. The van der Waals surface area contributed by atoms with Gasteiger partial charge in [-0.1, -0.05) is 94.3 Å². The van der Waals surface area contributed by atoms with Gasteiger partial charge in [0, 0.05) is 50.0 Å². The topological polar surface area (TPSA) is 287 Å². The van der Waals surface area contributed by atoms with Crippen LogP contribution < -0.4 is 31.9 Å². The first-order chi connectivity index (χ1) is 43.7. The van der Waals surface area contributed by atoms with Crippen LogP contribution in [-0.4, -0.2) is 141 Å². The van der Waals surface area contributed by atoms with Crippen molar-refractivity contribution < 1.29 is 84.1 Å². The molecule has 8 amide bonds. The molecule has 1 unspecified atom stereocenters. The maximum absolute atomic E-state index is 15.0. The number of unbranched alkanes of at least 4 members (excludes halogenated alkanes) is 1. The van der Waals surface area contributed by atoms with E-state index in [1.807, 2.05) is 6.92 Å². The predicted octanol–water partition coefficient (Wildman–Crippen LogP) is 7.71. The van der Waals surface area contributed by atoms with Crippen LogP contribution in [0.1, 0.15) is 120 Å². The Hall–Kier alpha value is -9.17. The van der Waals surface area contributed by atoms with Crippen molar-refractivity contribution in [1.29, 1.82) is 0 Å². The van der Waals surface area contributed by atoms with Gasteiger partial charge in [0.05, 0.1) is 17.7 Å². The van der Waals surface area contributed by atoms with Crippen molar-refractivity contribution in [2.75, 3.05) is 20.1 Å². The Morgan fingerprint density at radius 3 is 1.94 bits per heavy atom. The van der Waals surface area contributed by atoms with Crippen molar-refractivity contribution in [2.24, 2.45) is 5.92 Å². The van der Waals surface area contributed by atoms with Crippen LogP contribution in [0.3, 0.4) is 0 Å². The minimum absolute atomic E-state index is 0.0137. The number of rotatable bonds is 28. The average molecular weight is 1310 g/mol. The van der Waals surface area contributed by atoms with Crippen LogP contribution in [0, 0.1) is 5.92 Å². The fourth-order valence-corrected chi connectivity index (χ4v) is 10.6. The number of aromatic hydroxyl groups is 1. The number of aromatic nitrogens is 1. The number of ether oxygens (including phenoxy) is 2. The third kappa shape index (κ3) is 21.7. The van der Waals surface area contributed by atoms with Gasteiger partial charge < -0.3 is 61.3 Å². The van der Waals surface area contributed by atoms with Crippen LogP contribution >= 0.6 is 0 Å². The maximum atomic E-state index is 15.0. The van der Waals surface area contributed by atoms with E-state index in [4.69, 9.17) is 9.47 Å². The van der Waals surface area contributed by atoms with Crippen LogP contribution in [0.15, 0.2) is 103 Å². The number of carbonyl (C=O) groups excluding carboxylic acids is 9. The van der Waals surface area contributed by atoms with Gasteiger partial charge in [-0.25, -0.2) is 9.59 Å².